The van der Waals surface area contributed by atoms with Crippen molar-refractivity contribution >= 4 is 0 Å². The summed E-state index contributed by atoms with van der Waals surface area (Å²) in [4.78, 5) is 4.05. The number of aromatic nitrogens is 1. The summed E-state index contributed by atoms with van der Waals surface area (Å²) in [5, 5.41) is 0. The first-order valence-electron chi connectivity index (χ1n) is 4.10. The second kappa shape index (κ2) is 4.89. The van der Waals surface area contributed by atoms with Crippen LogP contribution in [0.25, 0.3) is 0 Å². The lowest BCUT2D eigenvalue weighted by Crippen LogP contribution is -1.85. The minimum absolute atomic E-state index is 1.15. The van der Waals surface area contributed by atoms with Gasteiger partial charge in [0.15, 0.2) is 0 Å². The predicted octanol–water partition coefficient (Wildman–Crippen LogP) is 2.63. The minimum atomic E-state index is 1.15. The molecule has 0 atom stereocenters. The highest BCUT2D eigenvalue weighted by atomic mass is 14.6. The average molecular weight is 148 g/mol. The van der Waals surface area contributed by atoms with Crippen LogP contribution in [0.5, 0.6) is 0 Å². The van der Waals surface area contributed by atoms with Crippen LogP contribution in [-0.2, 0) is 6.42 Å². The molecule has 1 heteroatoms. The summed E-state index contributed by atoms with van der Waals surface area (Å²) in [7, 11) is 0. The molecule has 0 aromatic carbocycles. The summed E-state index contributed by atoms with van der Waals surface area (Å²) in [6, 6.07) is 4.12. The Morgan fingerprint density at radius 1 is 1.55 bits per heavy atom. The fraction of sp³-hybridized carbons (Fsp3) is 0.400. The molecule has 1 heterocycles. The van der Waals surface area contributed by atoms with Crippen LogP contribution < -0.4 is 0 Å². The van der Waals surface area contributed by atoms with Crippen LogP contribution in [-0.4, -0.2) is 4.98 Å². The Kier molecular flexibility index (Phi) is 3.67. The molecule has 0 amide bonds. The topological polar surface area (TPSA) is 12.9 Å². The number of nitrogens with zero attached hydrogens (tertiary/aromatic N) is 1. The van der Waals surface area contributed by atoms with Gasteiger partial charge in [-0.05, 0) is 30.9 Å². The Labute approximate surface area is 68.5 Å². The standard InChI is InChI=1S/C10H14N/c1-2-3-4-6-10-7-5-8-11-9-10/h2,5,7-9H,3-4,6H2,1H3. The third-order valence-electron chi connectivity index (χ3n) is 1.68. The molecule has 1 aromatic heterocycles. The summed E-state index contributed by atoms with van der Waals surface area (Å²) in [5.74, 6) is 0. The molecule has 0 saturated carbocycles. The van der Waals surface area contributed by atoms with Gasteiger partial charge >= 0.3 is 0 Å². The van der Waals surface area contributed by atoms with Gasteiger partial charge in [-0.3, -0.25) is 4.98 Å². The third-order valence-corrected chi connectivity index (χ3v) is 1.68. The van der Waals surface area contributed by atoms with E-state index in [-0.39, 0.29) is 0 Å². The van der Waals surface area contributed by atoms with Gasteiger partial charge in [-0.15, -0.1) is 0 Å². The molecular weight excluding hydrogens is 134 g/mol. The van der Waals surface area contributed by atoms with Crippen LogP contribution in [0.15, 0.2) is 24.5 Å². The average Bonchev–Trinajstić information content (AvgIpc) is 2.07. The van der Waals surface area contributed by atoms with Crippen molar-refractivity contribution in [2.24, 2.45) is 0 Å². The van der Waals surface area contributed by atoms with Crippen molar-refractivity contribution in [3.8, 4) is 0 Å². The number of hydrogen-bond donors (Lipinski definition) is 0. The molecule has 1 rings (SSSR count). The quantitative estimate of drug-likeness (QED) is 0.598. The van der Waals surface area contributed by atoms with E-state index in [1.807, 2.05) is 18.5 Å². The second-order valence-corrected chi connectivity index (χ2v) is 2.66. The number of unbranched alkanes of at least 4 members (excludes halogenated alkanes) is 2. The smallest absolute Gasteiger partial charge is 0.0299 e. The maximum atomic E-state index is 4.05. The van der Waals surface area contributed by atoms with Crippen molar-refractivity contribution in [1.82, 2.24) is 4.98 Å². The number of pyridine rings is 1. The first-order chi connectivity index (χ1) is 5.43. The van der Waals surface area contributed by atoms with Crippen LogP contribution in [0.4, 0.5) is 0 Å². The van der Waals surface area contributed by atoms with Gasteiger partial charge in [0.25, 0.3) is 0 Å². The van der Waals surface area contributed by atoms with Gasteiger partial charge in [0.05, 0.1) is 0 Å². The Bertz CT molecular complexity index is 181. The molecule has 0 spiro atoms. The highest BCUT2D eigenvalue weighted by Gasteiger charge is 1.90. The molecule has 0 aliphatic rings. The lowest BCUT2D eigenvalue weighted by Gasteiger charge is -1.97. The van der Waals surface area contributed by atoms with Gasteiger partial charge in [-0.25, -0.2) is 0 Å². The molecule has 1 radical (unpaired) electrons. The maximum Gasteiger partial charge on any atom is 0.0299 e. The molecule has 11 heavy (non-hydrogen) atoms. The summed E-state index contributed by atoms with van der Waals surface area (Å²) in [5.41, 5.74) is 1.34. The number of rotatable bonds is 4. The maximum absolute atomic E-state index is 4.05. The molecule has 59 valence electrons. The lowest BCUT2D eigenvalue weighted by molar-refractivity contribution is 0.804. The van der Waals surface area contributed by atoms with Crippen molar-refractivity contribution in [1.29, 1.82) is 0 Å². The molecule has 0 saturated heterocycles. The lowest BCUT2D eigenvalue weighted by atomic mass is 10.1. The first kappa shape index (κ1) is 8.25. The van der Waals surface area contributed by atoms with Crippen molar-refractivity contribution in [3.63, 3.8) is 0 Å². The number of hydrogen-bond acceptors (Lipinski definition) is 1. The Hall–Kier alpha value is -0.850. The van der Waals surface area contributed by atoms with Crippen molar-refractivity contribution in [3.05, 3.63) is 36.5 Å². The zero-order chi connectivity index (χ0) is 7.94. The van der Waals surface area contributed by atoms with Crippen LogP contribution in [0.3, 0.4) is 0 Å². The van der Waals surface area contributed by atoms with Crippen LogP contribution >= 0.6 is 0 Å². The first-order valence-corrected chi connectivity index (χ1v) is 4.10. The largest absolute Gasteiger partial charge is 0.264 e. The third kappa shape index (κ3) is 3.17. The zero-order valence-electron chi connectivity index (χ0n) is 6.96. The highest BCUT2D eigenvalue weighted by Crippen LogP contribution is 2.03. The van der Waals surface area contributed by atoms with Crippen molar-refractivity contribution in [2.45, 2.75) is 26.2 Å². The summed E-state index contributed by atoms with van der Waals surface area (Å²) in [6.45, 7) is 2.10. The molecule has 0 unspecified atom stereocenters. The molecule has 0 N–H and O–H groups in total. The molecule has 0 aliphatic carbocycles. The fourth-order valence-corrected chi connectivity index (χ4v) is 1.06. The summed E-state index contributed by atoms with van der Waals surface area (Å²) in [6.07, 6.45) is 9.55. The van der Waals surface area contributed by atoms with E-state index in [4.69, 9.17) is 0 Å². The van der Waals surface area contributed by atoms with Gasteiger partial charge < -0.3 is 0 Å². The predicted molar refractivity (Wildman–Crippen MR) is 47.1 cm³/mol. The van der Waals surface area contributed by atoms with Gasteiger partial charge in [0.2, 0.25) is 0 Å². The molecule has 0 bridgehead atoms. The molecule has 0 fully saturated rings. The normalized spacial score (nSPS) is 9.91. The monoisotopic (exact) mass is 148 g/mol. The van der Waals surface area contributed by atoms with Gasteiger partial charge in [-0.1, -0.05) is 19.4 Å². The highest BCUT2D eigenvalue weighted by molar-refractivity contribution is 5.08. The van der Waals surface area contributed by atoms with E-state index in [1.165, 1.54) is 18.4 Å². The van der Waals surface area contributed by atoms with Crippen molar-refractivity contribution in [2.75, 3.05) is 0 Å². The van der Waals surface area contributed by atoms with Crippen LogP contribution in [0, 0.1) is 6.42 Å². The Balaban J connectivity index is 2.28. The van der Waals surface area contributed by atoms with E-state index >= 15 is 0 Å². The minimum Gasteiger partial charge on any atom is -0.264 e. The van der Waals surface area contributed by atoms with Gasteiger partial charge in [0.1, 0.15) is 0 Å². The fourth-order valence-electron chi connectivity index (χ4n) is 1.06. The molecule has 0 aliphatic heterocycles. The Morgan fingerprint density at radius 3 is 3.09 bits per heavy atom. The summed E-state index contributed by atoms with van der Waals surface area (Å²) >= 11 is 0. The van der Waals surface area contributed by atoms with Gasteiger partial charge in [-0.2, -0.15) is 0 Å². The van der Waals surface area contributed by atoms with E-state index in [2.05, 4.69) is 24.4 Å². The summed E-state index contributed by atoms with van der Waals surface area (Å²) < 4.78 is 0. The Morgan fingerprint density at radius 2 is 2.45 bits per heavy atom. The van der Waals surface area contributed by atoms with E-state index in [0.29, 0.717) is 0 Å². The number of aryl methyl sites for hydroxylation is 1. The van der Waals surface area contributed by atoms with Gasteiger partial charge in [0, 0.05) is 12.4 Å². The van der Waals surface area contributed by atoms with Crippen molar-refractivity contribution < 1.29 is 0 Å². The van der Waals surface area contributed by atoms with Crippen LogP contribution in [0.2, 0.25) is 0 Å². The molecule has 1 nitrogen and oxygen atoms in total. The van der Waals surface area contributed by atoms with E-state index in [1.54, 1.807) is 0 Å². The second-order valence-electron chi connectivity index (χ2n) is 2.66. The van der Waals surface area contributed by atoms with E-state index in [9.17, 15) is 0 Å². The molecule has 1 aromatic rings. The van der Waals surface area contributed by atoms with E-state index in [0.717, 1.165) is 6.42 Å². The molecular formula is C10H14N. The van der Waals surface area contributed by atoms with Crippen LogP contribution in [0.1, 0.15) is 25.3 Å². The van der Waals surface area contributed by atoms with E-state index < -0.39 is 0 Å². The zero-order valence-corrected chi connectivity index (χ0v) is 6.96. The SMILES string of the molecule is C[CH]CCCc1cccnc1.